The number of methoxy groups -OCH3 is 1. The van der Waals surface area contributed by atoms with Gasteiger partial charge in [0.25, 0.3) is 6.47 Å². The molecule has 1 N–H and O–H groups in total. The normalized spacial score (nSPS) is 18.4. The molecule has 0 saturated carbocycles. The van der Waals surface area contributed by atoms with Crippen LogP contribution in [0.4, 0.5) is 11.4 Å². The first kappa shape index (κ1) is 51.3. The lowest BCUT2D eigenvalue weighted by atomic mass is 9.70. The third-order valence-electron chi connectivity index (χ3n) is 13.8. The second-order valence-electron chi connectivity index (χ2n) is 18.3. The lowest BCUT2D eigenvalue weighted by molar-refractivity contribution is -0.440. The maximum absolute atomic E-state index is 12.2. The molecule has 0 aromatic heterocycles. The van der Waals surface area contributed by atoms with Gasteiger partial charge in [0.15, 0.2) is 12.3 Å². The number of para-hydroxylation sites is 2. The van der Waals surface area contributed by atoms with Gasteiger partial charge in [-0.2, -0.15) is 9.84 Å². The predicted molar refractivity (Wildman–Crippen MR) is 269 cm³/mol. The topological polar surface area (TPSA) is 103 Å². The molecule has 2 aliphatic heterocycles. The summed E-state index contributed by atoms with van der Waals surface area (Å²) >= 11 is 0. The van der Waals surface area contributed by atoms with Crippen molar-refractivity contribution in [1.29, 1.82) is 5.26 Å². The van der Waals surface area contributed by atoms with E-state index in [2.05, 4.69) is 103 Å². The van der Waals surface area contributed by atoms with Crippen molar-refractivity contribution < 1.29 is 28.7 Å². The van der Waals surface area contributed by atoms with Crippen LogP contribution in [0.2, 0.25) is 0 Å². The number of carboxylic acids is 1. The number of carbonyl (C=O) groups excluding carboxylic acids is 1. The molecule has 0 amide bonds. The van der Waals surface area contributed by atoms with Crippen LogP contribution in [0.15, 0.2) is 127 Å². The van der Waals surface area contributed by atoms with Crippen LogP contribution in [-0.4, -0.2) is 54.6 Å². The van der Waals surface area contributed by atoms with E-state index in [1.54, 1.807) is 7.11 Å². The van der Waals surface area contributed by atoms with Crippen LogP contribution in [0.3, 0.4) is 0 Å². The number of allylic oxidation sites excluding steroid dienone is 7. The summed E-state index contributed by atoms with van der Waals surface area (Å²) < 4.78 is 13.3. The van der Waals surface area contributed by atoms with Crippen molar-refractivity contribution >= 4 is 29.5 Å². The van der Waals surface area contributed by atoms with Crippen molar-refractivity contribution in [2.24, 2.45) is 0 Å². The number of anilines is 1. The van der Waals surface area contributed by atoms with E-state index in [9.17, 15) is 20.0 Å². The monoisotopic (exact) mass is 895 g/mol. The molecule has 8 heteroatoms. The number of nitrogens with zero attached hydrogens (tertiary/aromatic N) is 3. The molecular formula is C58H76N3O5+. The van der Waals surface area contributed by atoms with E-state index < -0.39 is 11.4 Å². The maximum atomic E-state index is 12.2. The molecule has 5 rings (SSSR count). The Balaban J connectivity index is 1.62. The third-order valence-corrected chi connectivity index (χ3v) is 13.8. The first-order chi connectivity index (χ1) is 32.3. The molecule has 0 radical (unpaired) electrons. The van der Waals surface area contributed by atoms with E-state index in [0.717, 1.165) is 72.4 Å². The summed E-state index contributed by atoms with van der Waals surface area (Å²) in [5.74, 6) is -0.196. The van der Waals surface area contributed by atoms with Crippen LogP contribution in [0.1, 0.15) is 153 Å². The van der Waals surface area contributed by atoms with Crippen molar-refractivity contribution in [3.8, 4) is 6.07 Å². The zero-order valence-electron chi connectivity index (χ0n) is 40.3. The van der Waals surface area contributed by atoms with Crippen molar-refractivity contribution in [1.82, 2.24) is 0 Å². The largest absolute Gasteiger partial charge is 0.502 e. The van der Waals surface area contributed by atoms with Gasteiger partial charge in [0.1, 0.15) is 6.61 Å². The molecule has 3 aromatic rings. The first-order valence-corrected chi connectivity index (χ1v) is 24.9. The maximum Gasteiger partial charge on any atom is 0.305 e. The van der Waals surface area contributed by atoms with E-state index in [1.165, 1.54) is 76.2 Å². The summed E-state index contributed by atoms with van der Waals surface area (Å²) in [6.45, 7) is 10.2. The molecule has 0 saturated heterocycles. The summed E-state index contributed by atoms with van der Waals surface area (Å²) in [7, 11) is 1.65. The summed E-state index contributed by atoms with van der Waals surface area (Å²) in [5, 5.41) is 20.9. The van der Waals surface area contributed by atoms with Gasteiger partial charge in [-0.3, -0.25) is 9.59 Å². The molecule has 0 aliphatic carbocycles. The molecule has 2 atom stereocenters. The number of carbonyl (C=O) groups is 2. The molecule has 0 spiro atoms. The first-order valence-electron chi connectivity index (χ1n) is 24.9. The fourth-order valence-electron chi connectivity index (χ4n) is 10.5. The molecule has 2 aliphatic rings. The van der Waals surface area contributed by atoms with Gasteiger partial charge in [-0.15, -0.1) is 0 Å². The van der Waals surface area contributed by atoms with Gasteiger partial charge in [-0.25, -0.2) is 0 Å². The highest BCUT2D eigenvalue weighted by molar-refractivity contribution is 6.04. The van der Waals surface area contributed by atoms with E-state index in [-0.39, 0.29) is 18.4 Å². The minimum absolute atomic E-state index is 0.00443. The lowest BCUT2D eigenvalue weighted by Gasteiger charge is -2.34. The number of unbranched alkanes of at least 4 members (excludes halogenated alkanes) is 13. The van der Waals surface area contributed by atoms with Gasteiger partial charge < -0.3 is 19.5 Å². The molecule has 66 heavy (non-hydrogen) atoms. The standard InChI is InChI=1S/C58H75N3O5/c1-5-7-9-11-13-15-17-26-39-57(38-25-16-14-12-10-8-6-2)50-29-21-23-31-52(50)60(40-37-56(63)64)54(57)35-33-49(45-59)34-36-55-58(43-47(3)65-4,44-48-27-19-18-20-28-48)51-30-22-24-32-53(51)61(55)41-42-66-46-62/h18-24,27-36,46H,3,5-17,25-26,37-44H2,1-2,4H3/p+1. The highest BCUT2D eigenvalue weighted by atomic mass is 16.5. The van der Waals surface area contributed by atoms with Crippen LogP contribution in [0, 0.1) is 11.3 Å². The molecule has 352 valence electrons. The second kappa shape index (κ2) is 27.1. The fourth-order valence-corrected chi connectivity index (χ4v) is 10.5. The van der Waals surface area contributed by atoms with Crippen LogP contribution >= 0.6 is 0 Å². The Labute approximate surface area is 396 Å². The number of benzene rings is 3. The molecule has 0 bridgehead atoms. The molecule has 2 unspecified atom stereocenters. The quantitative estimate of drug-likeness (QED) is 0.0166. The highest BCUT2D eigenvalue weighted by Gasteiger charge is 2.52. The number of nitriles is 1. The fraction of sp³-hybridized carbons (Fsp3) is 0.483. The number of fused-ring (bicyclic) bond motifs is 2. The highest BCUT2D eigenvalue weighted by Crippen LogP contribution is 2.54. The van der Waals surface area contributed by atoms with Gasteiger partial charge in [0, 0.05) is 47.5 Å². The Morgan fingerprint density at radius 1 is 0.803 bits per heavy atom. The average molecular weight is 895 g/mol. The van der Waals surface area contributed by atoms with Crippen molar-refractivity contribution in [3.05, 3.63) is 143 Å². The Morgan fingerprint density at radius 2 is 1.39 bits per heavy atom. The number of carboxylic acid groups (broad SMARTS) is 1. The predicted octanol–water partition coefficient (Wildman–Crippen LogP) is 13.8. The Morgan fingerprint density at radius 3 is 2.00 bits per heavy atom. The average Bonchev–Trinajstić information content (AvgIpc) is 3.73. The Bertz CT molecular complexity index is 2200. The summed E-state index contributed by atoms with van der Waals surface area (Å²) in [5.41, 5.74) is 7.18. The zero-order valence-corrected chi connectivity index (χ0v) is 40.3. The minimum atomic E-state index is -0.830. The molecule has 2 heterocycles. The lowest BCUT2D eigenvalue weighted by Crippen LogP contribution is -2.38. The number of hydrogen-bond donors (Lipinski definition) is 1. The van der Waals surface area contributed by atoms with Gasteiger partial charge >= 0.3 is 5.97 Å². The van der Waals surface area contributed by atoms with Gasteiger partial charge in [-0.05, 0) is 54.7 Å². The van der Waals surface area contributed by atoms with Gasteiger partial charge in [0.2, 0.25) is 5.69 Å². The van der Waals surface area contributed by atoms with E-state index in [4.69, 9.17) is 9.47 Å². The van der Waals surface area contributed by atoms with Gasteiger partial charge in [-0.1, -0.05) is 183 Å². The smallest absolute Gasteiger partial charge is 0.305 e. The van der Waals surface area contributed by atoms with Gasteiger partial charge in [0.05, 0.1) is 36.3 Å². The van der Waals surface area contributed by atoms with E-state index in [0.29, 0.717) is 43.7 Å². The molecular weight excluding hydrogens is 819 g/mol. The summed E-state index contributed by atoms with van der Waals surface area (Å²) in [6.07, 6.45) is 29.4. The van der Waals surface area contributed by atoms with Crippen LogP contribution in [0.25, 0.3) is 0 Å². The van der Waals surface area contributed by atoms with Crippen LogP contribution in [-0.2, 0) is 36.3 Å². The number of aliphatic carboxylic acids is 1. The number of hydrogen-bond acceptors (Lipinski definition) is 6. The Kier molecular flexibility index (Phi) is 21.0. The number of rotatable bonds is 32. The van der Waals surface area contributed by atoms with Crippen LogP contribution < -0.4 is 4.90 Å². The molecule has 3 aromatic carbocycles. The molecule has 8 nitrogen and oxygen atoms in total. The van der Waals surface area contributed by atoms with E-state index >= 15 is 0 Å². The Hall–Kier alpha value is -5.68. The summed E-state index contributed by atoms with van der Waals surface area (Å²) in [4.78, 5) is 25.8. The zero-order chi connectivity index (χ0) is 47.0. The SMILES string of the molecule is C=C(CC1(Cc2ccccc2)C(C=CC(C#N)=CC=C2N(CCC(=O)O)c3ccccc3C2(CCCCCCCCC)CCCCCCCCCC)=[N+](CCOC=O)c2ccccc21)OC. The van der Waals surface area contributed by atoms with E-state index in [1.807, 2.05) is 36.4 Å². The third kappa shape index (κ3) is 13.5. The molecule has 0 fully saturated rings. The summed E-state index contributed by atoms with van der Waals surface area (Å²) in [6, 6.07) is 29.8. The minimum Gasteiger partial charge on any atom is -0.502 e. The number of ether oxygens (including phenoxy) is 2. The second-order valence-corrected chi connectivity index (χ2v) is 18.3. The van der Waals surface area contributed by atoms with Crippen molar-refractivity contribution in [2.75, 3.05) is 31.7 Å². The van der Waals surface area contributed by atoms with Crippen LogP contribution in [0.5, 0.6) is 0 Å². The van der Waals surface area contributed by atoms with Crippen molar-refractivity contribution in [3.63, 3.8) is 0 Å². The van der Waals surface area contributed by atoms with Crippen molar-refractivity contribution in [2.45, 2.75) is 153 Å².